The largest absolute Gasteiger partial charge is 0.376 e. The maximum absolute atomic E-state index is 5.69. The van der Waals surface area contributed by atoms with Gasteiger partial charge in [-0.1, -0.05) is 6.92 Å². The molecule has 0 amide bonds. The van der Waals surface area contributed by atoms with Gasteiger partial charge in [-0.15, -0.1) is 11.3 Å². The number of rotatable bonds is 3. The van der Waals surface area contributed by atoms with Gasteiger partial charge in [-0.25, -0.2) is 9.97 Å². The minimum Gasteiger partial charge on any atom is -0.376 e. The van der Waals surface area contributed by atoms with Gasteiger partial charge in [0, 0.05) is 18.0 Å². The zero-order valence-corrected chi connectivity index (χ0v) is 13.2. The zero-order chi connectivity index (χ0) is 14.2. The summed E-state index contributed by atoms with van der Waals surface area (Å²) >= 11 is 1.85. The molecule has 0 spiro atoms. The fraction of sp³-hybridized carbons (Fsp3) is 0.625. The van der Waals surface area contributed by atoms with Crippen LogP contribution in [-0.2, 0) is 17.6 Å². The summed E-state index contributed by atoms with van der Waals surface area (Å²) in [6.45, 7) is 4.10. The number of hydrogen-bond donors (Lipinski definition) is 1. The van der Waals surface area contributed by atoms with Crippen molar-refractivity contribution < 1.29 is 4.74 Å². The van der Waals surface area contributed by atoms with Crippen molar-refractivity contribution in [2.75, 3.05) is 18.5 Å². The Morgan fingerprint density at radius 2 is 2.33 bits per heavy atom. The second-order valence-corrected chi connectivity index (χ2v) is 7.35. The molecule has 1 saturated heterocycles. The van der Waals surface area contributed by atoms with E-state index in [0.717, 1.165) is 36.1 Å². The predicted octanol–water partition coefficient (Wildman–Crippen LogP) is 3.41. The van der Waals surface area contributed by atoms with Crippen molar-refractivity contribution in [2.24, 2.45) is 5.92 Å². The van der Waals surface area contributed by atoms with Crippen LogP contribution in [0.1, 0.15) is 36.6 Å². The lowest BCUT2D eigenvalue weighted by Gasteiger charge is -2.18. The molecule has 0 bridgehead atoms. The SMILES string of the molecule is C[C@H]1CCc2c(sc3ncnc(NC[C@H]4CCCO4)c23)C1. The number of nitrogens with one attached hydrogen (secondary N) is 1. The third-order valence-corrected chi connectivity index (χ3v) is 5.78. The van der Waals surface area contributed by atoms with Gasteiger partial charge >= 0.3 is 0 Å². The number of anilines is 1. The minimum atomic E-state index is 0.337. The van der Waals surface area contributed by atoms with Crippen LogP contribution >= 0.6 is 11.3 Å². The number of hydrogen-bond acceptors (Lipinski definition) is 5. The van der Waals surface area contributed by atoms with Crippen molar-refractivity contribution in [3.8, 4) is 0 Å². The summed E-state index contributed by atoms with van der Waals surface area (Å²) < 4.78 is 5.69. The standard InChI is InChI=1S/C16H21N3OS/c1-10-4-5-12-13(7-10)21-16-14(12)15(18-9-19-16)17-8-11-3-2-6-20-11/h9-11H,2-8H2,1H3,(H,17,18,19)/t10-,11+/m0/s1. The van der Waals surface area contributed by atoms with Crippen LogP contribution in [0.15, 0.2) is 6.33 Å². The molecule has 2 aliphatic rings. The Hall–Kier alpha value is -1.20. The van der Waals surface area contributed by atoms with Crippen molar-refractivity contribution in [1.29, 1.82) is 0 Å². The minimum absolute atomic E-state index is 0.337. The molecule has 112 valence electrons. The summed E-state index contributed by atoms with van der Waals surface area (Å²) in [7, 11) is 0. The Morgan fingerprint density at radius 3 is 3.19 bits per heavy atom. The maximum Gasteiger partial charge on any atom is 0.138 e. The smallest absolute Gasteiger partial charge is 0.138 e. The summed E-state index contributed by atoms with van der Waals surface area (Å²) in [6.07, 6.45) is 7.99. The number of thiophene rings is 1. The molecule has 0 saturated carbocycles. The Balaban J connectivity index is 1.65. The van der Waals surface area contributed by atoms with Gasteiger partial charge in [-0.3, -0.25) is 0 Å². The molecular formula is C16H21N3OS. The maximum atomic E-state index is 5.69. The molecular weight excluding hydrogens is 282 g/mol. The quantitative estimate of drug-likeness (QED) is 0.944. The zero-order valence-electron chi connectivity index (χ0n) is 12.4. The van der Waals surface area contributed by atoms with Crippen LogP contribution in [-0.4, -0.2) is 29.2 Å². The van der Waals surface area contributed by atoms with E-state index >= 15 is 0 Å². The number of ether oxygens (including phenoxy) is 1. The van der Waals surface area contributed by atoms with E-state index in [9.17, 15) is 0 Å². The highest BCUT2D eigenvalue weighted by atomic mass is 32.1. The lowest BCUT2D eigenvalue weighted by Crippen LogP contribution is -2.19. The van der Waals surface area contributed by atoms with E-state index in [1.165, 1.54) is 41.5 Å². The first-order valence-corrected chi connectivity index (χ1v) is 8.73. The Kier molecular flexibility index (Phi) is 3.55. The molecule has 2 aromatic heterocycles. The molecule has 5 heteroatoms. The number of aryl methyl sites for hydroxylation is 1. The summed E-state index contributed by atoms with van der Waals surface area (Å²) in [5.74, 6) is 1.80. The lowest BCUT2D eigenvalue weighted by molar-refractivity contribution is 0.120. The van der Waals surface area contributed by atoms with E-state index in [1.54, 1.807) is 6.33 Å². The molecule has 4 rings (SSSR count). The van der Waals surface area contributed by atoms with Crippen LogP contribution in [0.5, 0.6) is 0 Å². The van der Waals surface area contributed by atoms with E-state index in [4.69, 9.17) is 4.74 Å². The fourth-order valence-corrected chi connectivity index (χ4v) is 4.78. The molecule has 0 aromatic carbocycles. The monoisotopic (exact) mass is 303 g/mol. The van der Waals surface area contributed by atoms with Gasteiger partial charge in [0.25, 0.3) is 0 Å². The normalized spacial score (nSPS) is 25.2. The van der Waals surface area contributed by atoms with Crippen LogP contribution in [0.4, 0.5) is 5.82 Å². The first kappa shape index (κ1) is 13.5. The summed E-state index contributed by atoms with van der Waals surface area (Å²) in [5, 5.41) is 4.77. The highest BCUT2D eigenvalue weighted by Gasteiger charge is 2.23. The molecule has 2 atom stereocenters. The van der Waals surface area contributed by atoms with Crippen LogP contribution < -0.4 is 5.32 Å². The molecule has 4 nitrogen and oxygen atoms in total. The summed E-state index contributed by atoms with van der Waals surface area (Å²) in [6, 6.07) is 0. The Morgan fingerprint density at radius 1 is 1.38 bits per heavy atom. The molecule has 0 unspecified atom stereocenters. The van der Waals surface area contributed by atoms with E-state index in [-0.39, 0.29) is 0 Å². The van der Waals surface area contributed by atoms with E-state index < -0.39 is 0 Å². The van der Waals surface area contributed by atoms with Crippen LogP contribution in [0.2, 0.25) is 0 Å². The van der Waals surface area contributed by atoms with Gasteiger partial charge in [-0.2, -0.15) is 0 Å². The Bertz CT molecular complexity index is 648. The molecule has 1 aliphatic heterocycles. The van der Waals surface area contributed by atoms with Crippen molar-refractivity contribution in [1.82, 2.24) is 9.97 Å². The third-order valence-electron chi connectivity index (χ3n) is 4.61. The molecule has 0 radical (unpaired) electrons. The highest BCUT2D eigenvalue weighted by molar-refractivity contribution is 7.19. The second-order valence-electron chi connectivity index (χ2n) is 6.27. The van der Waals surface area contributed by atoms with E-state index in [1.807, 2.05) is 11.3 Å². The van der Waals surface area contributed by atoms with Gasteiger partial charge in [0.1, 0.15) is 17.0 Å². The van der Waals surface area contributed by atoms with Gasteiger partial charge in [-0.05, 0) is 43.6 Å². The molecule has 3 heterocycles. The van der Waals surface area contributed by atoms with E-state index in [0.29, 0.717) is 6.10 Å². The molecule has 1 fully saturated rings. The Labute approximate surface area is 128 Å². The summed E-state index contributed by atoms with van der Waals surface area (Å²) in [4.78, 5) is 11.6. The fourth-order valence-electron chi connectivity index (χ4n) is 3.42. The van der Waals surface area contributed by atoms with Gasteiger partial charge in [0.05, 0.1) is 11.5 Å². The lowest BCUT2D eigenvalue weighted by atomic mass is 9.89. The van der Waals surface area contributed by atoms with Crippen LogP contribution in [0, 0.1) is 5.92 Å². The van der Waals surface area contributed by atoms with Gasteiger partial charge < -0.3 is 10.1 Å². The molecule has 1 N–H and O–H groups in total. The average molecular weight is 303 g/mol. The van der Waals surface area contributed by atoms with E-state index in [2.05, 4.69) is 22.2 Å². The first-order chi connectivity index (χ1) is 10.3. The predicted molar refractivity (Wildman–Crippen MR) is 86.1 cm³/mol. The molecule has 1 aliphatic carbocycles. The second kappa shape index (κ2) is 5.54. The number of aromatic nitrogens is 2. The highest BCUT2D eigenvalue weighted by Crippen LogP contribution is 2.39. The number of nitrogens with zero attached hydrogens (tertiary/aromatic N) is 2. The molecule has 2 aromatic rings. The van der Waals surface area contributed by atoms with Crippen molar-refractivity contribution in [3.63, 3.8) is 0 Å². The van der Waals surface area contributed by atoms with Crippen molar-refractivity contribution in [2.45, 2.75) is 45.1 Å². The third kappa shape index (κ3) is 2.53. The van der Waals surface area contributed by atoms with Crippen LogP contribution in [0.3, 0.4) is 0 Å². The first-order valence-electron chi connectivity index (χ1n) is 7.92. The van der Waals surface area contributed by atoms with Gasteiger partial charge in [0.2, 0.25) is 0 Å². The average Bonchev–Trinajstić information content (AvgIpc) is 3.11. The van der Waals surface area contributed by atoms with Crippen molar-refractivity contribution in [3.05, 3.63) is 16.8 Å². The number of fused-ring (bicyclic) bond motifs is 3. The van der Waals surface area contributed by atoms with Gasteiger partial charge in [0.15, 0.2) is 0 Å². The summed E-state index contributed by atoms with van der Waals surface area (Å²) in [5.41, 5.74) is 1.49. The van der Waals surface area contributed by atoms with Crippen LogP contribution in [0.25, 0.3) is 10.2 Å². The molecule has 21 heavy (non-hydrogen) atoms. The topological polar surface area (TPSA) is 47.0 Å². The van der Waals surface area contributed by atoms with Crippen molar-refractivity contribution >= 4 is 27.4 Å².